The first-order valence-corrected chi connectivity index (χ1v) is 3.76. The van der Waals surface area contributed by atoms with Crippen molar-refractivity contribution in [2.45, 2.75) is 6.42 Å². The number of aliphatic carboxylic acids is 1. The maximum Gasteiger partial charge on any atom is 0.402 e. The van der Waals surface area contributed by atoms with E-state index in [0.717, 1.165) is 5.56 Å². The standard InChI is InChI=1S/C8H8O2.CH3NO2.ClH/c9-8(10)6-7-4-2-1-3-5-7;2-1(3)4;/h1-5H,6H2,(H,9,10);2H2,(H,3,4);1H. The number of carboxylic acid groups (broad SMARTS) is 2. The minimum atomic E-state index is -1.33. The van der Waals surface area contributed by atoms with Gasteiger partial charge < -0.3 is 15.9 Å². The first kappa shape index (κ1) is 15.7. The summed E-state index contributed by atoms with van der Waals surface area (Å²) in [6, 6.07) is 9.13. The Bertz CT molecular complexity index is 298. The molecule has 0 radical (unpaired) electrons. The summed E-state index contributed by atoms with van der Waals surface area (Å²) in [5.74, 6) is -0.786. The average Bonchev–Trinajstić information content (AvgIpc) is 2.03. The van der Waals surface area contributed by atoms with E-state index in [4.69, 9.17) is 15.0 Å². The molecule has 0 aliphatic rings. The summed E-state index contributed by atoms with van der Waals surface area (Å²) >= 11 is 0. The molecule has 84 valence electrons. The molecular formula is C9H12ClNO4. The Labute approximate surface area is 92.9 Å². The van der Waals surface area contributed by atoms with Crippen LogP contribution in [0.1, 0.15) is 5.56 Å². The number of carbonyl (C=O) groups is 2. The molecule has 0 saturated carbocycles. The zero-order chi connectivity index (χ0) is 11.0. The second-order valence-electron chi connectivity index (χ2n) is 2.39. The lowest BCUT2D eigenvalue weighted by molar-refractivity contribution is -0.136. The molecule has 1 aromatic carbocycles. The summed E-state index contributed by atoms with van der Waals surface area (Å²) in [5, 5.41) is 15.6. The van der Waals surface area contributed by atoms with E-state index in [1.165, 1.54) is 0 Å². The van der Waals surface area contributed by atoms with Crippen LogP contribution in [0.4, 0.5) is 4.79 Å². The third-order valence-corrected chi connectivity index (χ3v) is 1.20. The Kier molecular flexibility index (Phi) is 9.25. The molecule has 1 rings (SSSR count). The highest BCUT2D eigenvalue weighted by atomic mass is 35.5. The van der Waals surface area contributed by atoms with E-state index in [0.29, 0.717) is 0 Å². The van der Waals surface area contributed by atoms with Crippen molar-refractivity contribution in [2.75, 3.05) is 0 Å². The molecule has 0 fully saturated rings. The molecule has 4 N–H and O–H groups in total. The van der Waals surface area contributed by atoms with Gasteiger partial charge in [-0.05, 0) is 5.56 Å². The molecule has 0 aromatic heterocycles. The average molecular weight is 234 g/mol. The monoisotopic (exact) mass is 233 g/mol. The molecule has 1 aromatic rings. The summed E-state index contributed by atoms with van der Waals surface area (Å²) in [5.41, 5.74) is 4.87. The number of halogens is 1. The van der Waals surface area contributed by atoms with E-state index in [2.05, 4.69) is 5.73 Å². The van der Waals surface area contributed by atoms with Crippen LogP contribution in [-0.2, 0) is 11.2 Å². The van der Waals surface area contributed by atoms with Gasteiger partial charge in [-0.1, -0.05) is 30.3 Å². The zero-order valence-electron chi connectivity index (χ0n) is 7.79. The molecule has 0 spiro atoms. The van der Waals surface area contributed by atoms with E-state index >= 15 is 0 Å². The summed E-state index contributed by atoms with van der Waals surface area (Å²) in [4.78, 5) is 18.9. The number of carboxylic acids is 1. The smallest absolute Gasteiger partial charge is 0.402 e. The Morgan fingerprint density at radius 2 is 1.53 bits per heavy atom. The van der Waals surface area contributed by atoms with E-state index < -0.39 is 12.1 Å². The number of hydrogen-bond acceptors (Lipinski definition) is 2. The van der Waals surface area contributed by atoms with E-state index in [9.17, 15) is 4.79 Å². The highest BCUT2D eigenvalue weighted by Crippen LogP contribution is 1.98. The largest absolute Gasteiger partial charge is 0.481 e. The molecule has 0 aliphatic heterocycles. The van der Waals surface area contributed by atoms with Gasteiger partial charge in [-0.2, -0.15) is 0 Å². The Morgan fingerprint density at radius 3 is 1.87 bits per heavy atom. The van der Waals surface area contributed by atoms with Crippen molar-refractivity contribution in [3.8, 4) is 0 Å². The molecule has 0 saturated heterocycles. The van der Waals surface area contributed by atoms with E-state index in [1.807, 2.05) is 18.2 Å². The summed E-state index contributed by atoms with van der Waals surface area (Å²) in [6.45, 7) is 0. The first-order chi connectivity index (χ1) is 6.52. The number of amides is 1. The fourth-order valence-corrected chi connectivity index (χ4v) is 0.770. The number of primary amides is 1. The summed E-state index contributed by atoms with van der Waals surface area (Å²) in [7, 11) is 0. The molecule has 0 aliphatic carbocycles. The maximum absolute atomic E-state index is 10.2. The van der Waals surface area contributed by atoms with Crippen molar-refractivity contribution in [2.24, 2.45) is 5.73 Å². The van der Waals surface area contributed by atoms with Gasteiger partial charge in [0.1, 0.15) is 0 Å². The van der Waals surface area contributed by atoms with Gasteiger partial charge >= 0.3 is 12.1 Å². The van der Waals surface area contributed by atoms with Crippen LogP contribution in [0, 0.1) is 0 Å². The van der Waals surface area contributed by atoms with Gasteiger partial charge in [0.15, 0.2) is 0 Å². The van der Waals surface area contributed by atoms with Gasteiger partial charge in [0, 0.05) is 0 Å². The van der Waals surface area contributed by atoms with Crippen LogP contribution < -0.4 is 5.73 Å². The molecule has 6 heteroatoms. The number of hydrogen-bond donors (Lipinski definition) is 3. The molecule has 0 atom stereocenters. The van der Waals surface area contributed by atoms with Gasteiger partial charge in [0.2, 0.25) is 0 Å². The third kappa shape index (κ3) is 12.2. The highest BCUT2D eigenvalue weighted by Gasteiger charge is 1.96. The molecule has 0 bridgehead atoms. The normalized spacial score (nSPS) is 7.73. The van der Waals surface area contributed by atoms with Gasteiger partial charge in [-0.3, -0.25) is 4.79 Å². The van der Waals surface area contributed by atoms with Crippen LogP contribution in [0.3, 0.4) is 0 Å². The number of nitrogens with two attached hydrogens (primary N) is 1. The zero-order valence-corrected chi connectivity index (χ0v) is 8.61. The molecule has 5 nitrogen and oxygen atoms in total. The number of benzene rings is 1. The van der Waals surface area contributed by atoms with Crippen molar-refractivity contribution >= 4 is 24.5 Å². The molecule has 1 amide bonds. The molecular weight excluding hydrogens is 222 g/mol. The van der Waals surface area contributed by atoms with Crippen LogP contribution in [0.2, 0.25) is 0 Å². The van der Waals surface area contributed by atoms with Gasteiger partial charge in [-0.15, -0.1) is 12.4 Å². The van der Waals surface area contributed by atoms with Crippen molar-refractivity contribution < 1.29 is 19.8 Å². The summed E-state index contributed by atoms with van der Waals surface area (Å²) in [6.07, 6.45) is -1.22. The van der Waals surface area contributed by atoms with E-state index in [-0.39, 0.29) is 18.8 Å². The molecule has 0 heterocycles. The van der Waals surface area contributed by atoms with Crippen LogP contribution >= 0.6 is 12.4 Å². The number of rotatable bonds is 2. The topological polar surface area (TPSA) is 101 Å². The predicted molar refractivity (Wildman–Crippen MR) is 57.2 cm³/mol. The van der Waals surface area contributed by atoms with Crippen molar-refractivity contribution in [3.05, 3.63) is 35.9 Å². The predicted octanol–water partition coefficient (Wildman–Crippen LogP) is 1.36. The van der Waals surface area contributed by atoms with Crippen molar-refractivity contribution in [1.29, 1.82) is 0 Å². The second-order valence-corrected chi connectivity index (χ2v) is 2.39. The quantitative estimate of drug-likeness (QED) is 0.718. The minimum Gasteiger partial charge on any atom is -0.481 e. The Morgan fingerprint density at radius 1 is 1.13 bits per heavy atom. The lowest BCUT2D eigenvalue weighted by atomic mass is 10.2. The van der Waals surface area contributed by atoms with Crippen molar-refractivity contribution in [1.82, 2.24) is 0 Å². The highest BCUT2D eigenvalue weighted by molar-refractivity contribution is 5.85. The third-order valence-electron chi connectivity index (χ3n) is 1.20. The lowest BCUT2D eigenvalue weighted by Gasteiger charge is -1.92. The Hall–Kier alpha value is -1.75. The van der Waals surface area contributed by atoms with Gasteiger partial charge in [0.25, 0.3) is 0 Å². The van der Waals surface area contributed by atoms with Crippen LogP contribution in [-0.4, -0.2) is 22.3 Å². The van der Waals surface area contributed by atoms with Crippen LogP contribution in [0.15, 0.2) is 30.3 Å². The van der Waals surface area contributed by atoms with Gasteiger partial charge in [0.05, 0.1) is 6.42 Å². The minimum absolute atomic E-state index is 0. The lowest BCUT2D eigenvalue weighted by Crippen LogP contribution is -2.03. The first-order valence-electron chi connectivity index (χ1n) is 3.76. The Balaban J connectivity index is 0. The SMILES string of the molecule is Cl.NC(=O)O.O=C(O)Cc1ccccc1. The fraction of sp³-hybridized carbons (Fsp3) is 0.111. The van der Waals surface area contributed by atoms with Crippen LogP contribution in [0.25, 0.3) is 0 Å². The molecule has 0 unspecified atom stereocenters. The fourth-order valence-electron chi connectivity index (χ4n) is 0.770. The summed E-state index contributed by atoms with van der Waals surface area (Å²) < 4.78 is 0. The molecule has 15 heavy (non-hydrogen) atoms. The second kappa shape index (κ2) is 8.83. The van der Waals surface area contributed by atoms with Gasteiger partial charge in [-0.25, -0.2) is 4.79 Å². The van der Waals surface area contributed by atoms with E-state index in [1.54, 1.807) is 12.1 Å². The van der Waals surface area contributed by atoms with Crippen molar-refractivity contribution in [3.63, 3.8) is 0 Å². The van der Waals surface area contributed by atoms with Crippen LogP contribution in [0.5, 0.6) is 0 Å². The maximum atomic E-state index is 10.2.